The van der Waals surface area contributed by atoms with Crippen molar-refractivity contribution in [3.05, 3.63) is 59.7 Å². The molecule has 1 unspecified atom stereocenters. The van der Waals surface area contributed by atoms with Crippen LogP contribution in [0.5, 0.6) is 0 Å². The van der Waals surface area contributed by atoms with Gasteiger partial charge in [0.15, 0.2) is 5.17 Å². The summed E-state index contributed by atoms with van der Waals surface area (Å²) in [5.74, 6) is -1.37. The summed E-state index contributed by atoms with van der Waals surface area (Å²) in [6, 6.07) is 16.4. The lowest BCUT2D eigenvalue weighted by molar-refractivity contribution is -0.138. The van der Waals surface area contributed by atoms with E-state index in [2.05, 4.69) is 46.7 Å². The minimum Gasteiger partial charge on any atom is -0.481 e. The van der Waals surface area contributed by atoms with Gasteiger partial charge in [-0.05, 0) is 28.7 Å². The third-order valence-corrected chi connectivity index (χ3v) is 5.17. The molecule has 1 fully saturated rings. The average Bonchev–Trinajstić information content (AvgIpc) is 3.01. The molecular weight excluding hydrogens is 362 g/mol. The van der Waals surface area contributed by atoms with E-state index in [0.717, 1.165) is 34.9 Å². The minimum atomic E-state index is -1.02. The summed E-state index contributed by atoms with van der Waals surface area (Å²) in [6.07, 6.45) is 2.38. The number of nitrogens with zero attached hydrogens (tertiary/aromatic N) is 2. The van der Waals surface area contributed by atoms with Crippen LogP contribution in [0.25, 0.3) is 11.1 Å². The highest BCUT2D eigenvalue weighted by Crippen LogP contribution is 2.22. The first-order chi connectivity index (χ1) is 13.0. The first kappa shape index (κ1) is 18.8. The highest BCUT2D eigenvalue weighted by Gasteiger charge is 2.32. The van der Waals surface area contributed by atoms with Crippen molar-refractivity contribution < 1.29 is 14.7 Å². The number of aliphatic carboxylic acids is 1. The second-order valence-corrected chi connectivity index (χ2v) is 7.21. The van der Waals surface area contributed by atoms with Crippen molar-refractivity contribution in [2.24, 2.45) is 10.2 Å². The van der Waals surface area contributed by atoms with Gasteiger partial charge in [-0.2, -0.15) is 5.10 Å². The largest absolute Gasteiger partial charge is 0.481 e. The zero-order valence-corrected chi connectivity index (χ0v) is 15.6. The van der Waals surface area contributed by atoms with Gasteiger partial charge in [0, 0.05) is 0 Å². The van der Waals surface area contributed by atoms with Crippen LogP contribution in [-0.4, -0.2) is 33.6 Å². The number of amides is 1. The van der Waals surface area contributed by atoms with E-state index in [-0.39, 0.29) is 12.3 Å². The highest BCUT2D eigenvalue weighted by atomic mass is 32.2. The lowest BCUT2D eigenvalue weighted by Gasteiger charge is -2.03. The van der Waals surface area contributed by atoms with E-state index in [4.69, 9.17) is 5.11 Å². The number of carbonyl (C=O) groups is 2. The topological polar surface area (TPSA) is 91.1 Å². The van der Waals surface area contributed by atoms with Gasteiger partial charge in [0.2, 0.25) is 5.91 Å². The fourth-order valence-electron chi connectivity index (χ4n) is 2.59. The zero-order valence-electron chi connectivity index (χ0n) is 14.8. The van der Waals surface area contributed by atoms with E-state index < -0.39 is 11.2 Å². The van der Waals surface area contributed by atoms with Gasteiger partial charge in [0.05, 0.1) is 12.6 Å². The molecule has 0 spiro atoms. The molecule has 0 aromatic heterocycles. The Morgan fingerprint density at radius 2 is 1.78 bits per heavy atom. The van der Waals surface area contributed by atoms with Crippen molar-refractivity contribution in [2.75, 3.05) is 0 Å². The summed E-state index contributed by atoms with van der Waals surface area (Å²) in [7, 11) is 0. The minimum absolute atomic E-state index is 0.236. The van der Waals surface area contributed by atoms with Crippen molar-refractivity contribution in [3.63, 3.8) is 0 Å². The highest BCUT2D eigenvalue weighted by molar-refractivity contribution is 8.15. The number of rotatable bonds is 6. The molecule has 1 aliphatic heterocycles. The second kappa shape index (κ2) is 8.64. The molecule has 6 nitrogen and oxygen atoms in total. The molecule has 3 rings (SSSR count). The zero-order chi connectivity index (χ0) is 19.2. The number of amidine groups is 1. The quantitative estimate of drug-likeness (QED) is 0.593. The number of carbonyl (C=O) groups excluding carboxylic acids is 1. The lowest BCUT2D eigenvalue weighted by Crippen LogP contribution is -2.26. The Labute approximate surface area is 161 Å². The van der Waals surface area contributed by atoms with Crippen molar-refractivity contribution in [3.8, 4) is 11.1 Å². The predicted octanol–water partition coefficient (Wildman–Crippen LogP) is 3.31. The Morgan fingerprint density at radius 1 is 1.15 bits per heavy atom. The molecule has 1 aliphatic rings. The maximum atomic E-state index is 11.6. The van der Waals surface area contributed by atoms with E-state index >= 15 is 0 Å². The number of aryl methyl sites for hydroxylation is 1. The molecule has 2 aromatic rings. The van der Waals surface area contributed by atoms with Crippen LogP contribution in [-0.2, 0) is 16.0 Å². The number of carboxylic acid groups (broad SMARTS) is 1. The Kier molecular flexibility index (Phi) is 6.03. The maximum Gasteiger partial charge on any atom is 0.305 e. The third-order valence-electron chi connectivity index (χ3n) is 4.10. The Bertz CT molecular complexity index is 890. The van der Waals surface area contributed by atoms with Crippen LogP contribution in [0, 0.1) is 0 Å². The summed E-state index contributed by atoms with van der Waals surface area (Å²) >= 11 is 1.08. The first-order valence-corrected chi connectivity index (χ1v) is 9.43. The molecule has 7 heteroatoms. The normalized spacial score (nSPS) is 18.2. The molecule has 2 N–H and O–H groups in total. The van der Waals surface area contributed by atoms with E-state index in [9.17, 15) is 9.59 Å². The molecule has 0 bridgehead atoms. The van der Waals surface area contributed by atoms with Gasteiger partial charge in [-0.1, -0.05) is 67.2 Å². The molecule has 0 saturated carbocycles. The van der Waals surface area contributed by atoms with E-state index in [1.54, 1.807) is 6.21 Å². The van der Waals surface area contributed by atoms with Crippen LogP contribution in [0.3, 0.4) is 0 Å². The molecule has 1 atom stereocenters. The predicted molar refractivity (Wildman–Crippen MR) is 108 cm³/mol. The van der Waals surface area contributed by atoms with Gasteiger partial charge in [0.25, 0.3) is 0 Å². The smallest absolute Gasteiger partial charge is 0.305 e. The second-order valence-electron chi connectivity index (χ2n) is 6.02. The van der Waals surface area contributed by atoms with Crippen molar-refractivity contribution >= 4 is 35.0 Å². The summed E-state index contributed by atoms with van der Waals surface area (Å²) in [6.45, 7) is 2.13. The van der Waals surface area contributed by atoms with Crippen LogP contribution in [0.1, 0.15) is 24.5 Å². The fraction of sp³-hybridized carbons (Fsp3) is 0.200. The number of carboxylic acids is 1. The average molecular weight is 381 g/mol. The molecule has 2 aromatic carbocycles. The van der Waals surface area contributed by atoms with Crippen molar-refractivity contribution in [2.45, 2.75) is 25.0 Å². The molecule has 1 saturated heterocycles. The summed E-state index contributed by atoms with van der Waals surface area (Å²) in [5, 5.41) is 18.9. The van der Waals surface area contributed by atoms with E-state index in [1.807, 2.05) is 24.3 Å². The summed E-state index contributed by atoms with van der Waals surface area (Å²) < 4.78 is 0. The molecule has 0 aliphatic carbocycles. The third kappa shape index (κ3) is 5.04. The number of hydrogen-bond acceptors (Lipinski definition) is 5. The van der Waals surface area contributed by atoms with Crippen molar-refractivity contribution in [1.29, 1.82) is 0 Å². The van der Waals surface area contributed by atoms with Gasteiger partial charge < -0.3 is 10.4 Å². The molecule has 1 amide bonds. The number of hydrogen-bond donors (Lipinski definition) is 2. The van der Waals surface area contributed by atoms with Gasteiger partial charge in [0.1, 0.15) is 5.25 Å². The summed E-state index contributed by atoms with van der Waals surface area (Å²) in [4.78, 5) is 22.3. The van der Waals surface area contributed by atoms with Gasteiger partial charge in [-0.3, -0.25) is 9.59 Å². The molecule has 1 heterocycles. The van der Waals surface area contributed by atoms with Crippen LogP contribution in [0.15, 0.2) is 58.7 Å². The van der Waals surface area contributed by atoms with E-state index in [1.165, 1.54) is 5.56 Å². The number of benzene rings is 2. The number of nitrogens with one attached hydrogen (secondary N) is 1. The first-order valence-electron chi connectivity index (χ1n) is 8.55. The van der Waals surface area contributed by atoms with Crippen LogP contribution in [0.4, 0.5) is 0 Å². The van der Waals surface area contributed by atoms with Crippen molar-refractivity contribution in [1.82, 2.24) is 5.32 Å². The maximum absolute atomic E-state index is 11.6. The molecule has 27 heavy (non-hydrogen) atoms. The van der Waals surface area contributed by atoms with Crippen LogP contribution in [0.2, 0.25) is 0 Å². The SMILES string of the molecule is CCc1ccc(-c2ccc(C=NN=C3NC(=O)C(CC(=O)O)S3)cc2)cc1. The van der Waals surface area contributed by atoms with E-state index in [0.29, 0.717) is 5.17 Å². The van der Waals surface area contributed by atoms with Gasteiger partial charge in [-0.25, -0.2) is 0 Å². The monoisotopic (exact) mass is 381 g/mol. The Hall–Kier alpha value is -2.93. The Balaban J connectivity index is 1.62. The number of thioether (sulfide) groups is 1. The lowest BCUT2D eigenvalue weighted by atomic mass is 10.0. The summed E-state index contributed by atoms with van der Waals surface area (Å²) in [5.41, 5.74) is 4.47. The standard InChI is InChI=1S/C20H19N3O3S/c1-2-13-3-7-15(8-4-13)16-9-5-14(6-10-16)12-21-23-20-22-19(26)17(27-20)11-18(24)25/h3-10,12,17H,2,11H2,1H3,(H,24,25)(H,22,23,26). The fourth-order valence-corrected chi connectivity index (χ4v) is 3.50. The Morgan fingerprint density at radius 3 is 2.37 bits per heavy atom. The van der Waals surface area contributed by atoms with Crippen LogP contribution >= 0.6 is 11.8 Å². The van der Waals surface area contributed by atoms with Gasteiger partial charge in [-0.15, -0.1) is 5.10 Å². The molecule has 0 radical (unpaired) electrons. The van der Waals surface area contributed by atoms with Gasteiger partial charge >= 0.3 is 5.97 Å². The molecule has 138 valence electrons. The molecular formula is C20H19N3O3S. The van der Waals surface area contributed by atoms with Crippen LogP contribution < -0.4 is 5.32 Å².